The minimum Gasteiger partial charge on any atom is -0.495 e. The van der Waals surface area contributed by atoms with E-state index in [0.29, 0.717) is 23.4 Å². The van der Waals surface area contributed by atoms with Gasteiger partial charge in [-0.25, -0.2) is 0 Å². The highest BCUT2D eigenvalue weighted by Crippen LogP contribution is 2.34. The van der Waals surface area contributed by atoms with E-state index in [0.717, 1.165) is 18.8 Å². The molecule has 4 heteroatoms. The Labute approximate surface area is 114 Å². The third-order valence-corrected chi connectivity index (χ3v) is 4.15. The van der Waals surface area contributed by atoms with Gasteiger partial charge in [-0.3, -0.25) is 0 Å². The van der Waals surface area contributed by atoms with Gasteiger partial charge in [-0.2, -0.15) is 0 Å². The summed E-state index contributed by atoms with van der Waals surface area (Å²) in [5, 5.41) is 0.666. The van der Waals surface area contributed by atoms with Crippen molar-refractivity contribution >= 4 is 11.6 Å². The molecule has 18 heavy (non-hydrogen) atoms. The smallest absolute Gasteiger partial charge is 0.137 e. The topological polar surface area (TPSA) is 38.5 Å². The quantitative estimate of drug-likeness (QED) is 0.911. The van der Waals surface area contributed by atoms with Gasteiger partial charge in [-0.15, -0.1) is 0 Å². The summed E-state index contributed by atoms with van der Waals surface area (Å²) < 4.78 is 5.18. The largest absolute Gasteiger partial charge is 0.495 e. The van der Waals surface area contributed by atoms with Crippen molar-refractivity contribution in [2.45, 2.75) is 12.3 Å². The van der Waals surface area contributed by atoms with Crippen molar-refractivity contribution in [3.8, 4) is 5.75 Å². The van der Waals surface area contributed by atoms with Gasteiger partial charge in [0.05, 0.1) is 12.1 Å². The lowest BCUT2D eigenvalue weighted by atomic mass is 9.85. The Bertz CT molecular complexity index is 411. The first kappa shape index (κ1) is 13.7. The lowest BCUT2D eigenvalue weighted by Gasteiger charge is -2.23. The minimum absolute atomic E-state index is 0.387. The molecule has 1 heterocycles. The summed E-state index contributed by atoms with van der Waals surface area (Å²) in [7, 11) is 3.79. The molecule has 3 nitrogen and oxygen atoms in total. The Morgan fingerprint density at radius 1 is 1.56 bits per heavy atom. The Morgan fingerprint density at radius 3 is 2.83 bits per heavy atom. The molecule has 0 amide bonds. The number of likely N-dealkylation sites (tertiary alicyclic amines) is 1. The first-order valence-corrected chi connectivity index (χ1v) is 6.75. The number of halogens is 1. The summed E-state index contributed by atoms with van der Waals surface area (Å²) in [5.41, 5.74) is 7.18. The molecule has 1 fully saturated rings. The van der Waals surface area contributed by atoms with Crippen molar-refractivity contribution in [1.82, 2.24) is 4.90 Å². The molecule has 2 atom stereocenters. The Balaban J connectivity index is 2.19. The van der Waals surface area contributed by atoms with Crippen LogP contribution in [0.4, 0.5) is 0 Å². The highest BCUT2D eigenvalue weighted by atomic mass is 35.5. The van der Waals surface area contributed by atoms with Crippen LogP contribution in [0.2, 0.25) is 5.02 Å². The number of methoxy groups -OCH3 is 1. The molecule has 2 N–H and O–H groups in total. The Kier molecular flexibility index (Phi) is 4.49. The molecule has 0 radical (unpaired) electrons. The van der Waals surface area contributed by atoms with Gasteiger partial charge in [0.1, 0.15) is 5.75 Å². The molecule has 0 spiro atoms. The third-order valence-electron chi connectivity index (χ3n) is 3.85. The standard InChI is InChI=1S/C14H21ClN2O/c1-17-6-5-11(9-17)12(8-16)10-3-4-14(18-2)13(15)7-10/h3-4,7,11-12H,5-6,8-9,16H2,1-2H3. The summed E-state index contributed by atoms with van der Waals surface area (Å²) in [6, 6.07) is 6.01. The number of hydrogen-bond acceptors (Lipinski definition) is 3. The van der Waals surface area contributed by atoms with Crippen LogP contribution in [0.15, 0.2) is 18.2 Å². The predicted molar refractivity (Wildman–Crippen MR) is 75.4 cm³/mol. The monoisotopic (exact) mass is 268 g/mol. The molecule has 1 aliphatic rings. The Hall–Kier alpha value is -0.770. The number of nitrogens with two attached hydrogens (primary N) is 1. The number of ether oxygens (including phenoxy) is 1. The van der Waals surface area contributed by atoms with Crippen molar-refractivity contribution in [3.63, 3.8) is 0 Å². The second-order valence-corrected chi connectivity index (χ2v) is 5.45. The van der Waals surface area contributed by atoms with Gasteiger partial charge >= 0.3 is 0 Å². The minimum atomic E-state index is 0.387. The van der Waals surface area contributed by atoms with E-state index >= 15 is 0 Å². The molecule has 1 aromatic carbocycles. The summed E-state index contributed by atoms with van der Waals surface area (Å²) in [6.07, 6.45) is 1.21. The lowest BCUT2D eigenvalue weighted by Crippen LogP contribution is -2.24. The molecular formula is C14H21ClN2O. The van der Waals surface area contributed by atoms with Crippen molar-refractivity contribution in [1.29, 1.82) is 0 Å². The van der Waals surface area contributed by atoms with E-state index in [1.807, 2.05) is 12.1 Å². The zero-order valence-corrected chi connectivity index (χ0v) is 11.8. The molecular weight excluding hydrogens is 248 g/mol. The van der Waals surface area contributed by atoms with E-state index < -0.39 is 0 Å². The van der Waals surface area contributed by atoms with E-state index in [1.165, 1.54) is 12.0 Å². The van der Waals surface area contributed by atoms with E-state index in [1.54, 1.807) is 7.11 Å². The van der Waals surface area contributed by atoms with Crippen LogP contribution in [-0.4, -0.2) is 38.7 Å². The fraction of sp³-hybridized carbons (Fsp3) is 0.571. The van der Waals surface area contributed by atoms with Gasteiger partial charge in [0, 0.05) is 12.5 Å². The second-order valence-electron chi connectivity index (χ2n) is 5.05. The van der Waals surface area contributed by atoms with Crippen LogP contribution in [0.3, 0.4) is 0 Å². The average Bonchev–Trinajstić information content (AvgIpc) is 2.77. The highest BCUT2D eigenvalue weighted by Gasteiger charge is 2.28. The first-order valence-electron chi connectivity index (χ1n) is 6.37. The van der Waals surface area contributed by atoms with Crippen molar-refractivity contribution < 1.29 is 4.74 Å². The molecule has 0 bridgehead atoms. The van der Waals surface area contributed by atoms with Gasteiger partial charge in [0.2, 0.25) is 0 Å². The molecule has 0 saturated carbocycles. The van der Waals surface area contributed by atoms with Crippen LogP contribution < -0.4 is 10.5 Å². The normalized spacial score (nSPS) is 22.1. The van der Waals surface area contributed by atoms with Gasteiger partial charge in [0.15, 0.2) is 0 Å². The van der Waals surface area contributed by atoms with Crippen LogP contribution in [-0.2, 0) is 0 Å². The fourth-order valence-electron chi connectivity index (χ4n) is 2.81. The SMILES string of the molecule is COc1ccc(C(CN)C2CCN(C)C2)cc1Cl. The van der Waals surface area contributed by atoms with E-state index in [4.69, 9.17) is 22.1 Å². The van der Waals surface area contributed by atoms with Crippen LogP contribution in [0.25, 0.3) is 0 Å². The maximum Gasteiger partial charge on any atom is 0.137 e. The summed E-state index contributed by atoms with van der Waals surface area (Å²) in [4.78, 5) is 2.36. The third kappa shape index (κ3) is 2.79. The molecule has 100 valence electrons. The van der Waals surface area contributed by atoms with Crippen LogP contribution >= 0.6 is 11.6 Å². The van der Waals surface area contributed by atoms with Gasteiger partial charge in [0.25, 0.3) is 0 Å². The summed E-state index contributed by atoms with van der Waals surface area (Å²) in [5.74, 6) is 1.74. The summed E-state index contributed by atoms with van der Waals surface area (Å²) in [6.45, 7) is 2.94. The van der Waals surface area contributed by atoms with Gasteiger partial charge < -0.3 is 15.4 Å². The molecule has 0 aromatic heterocycles. The molecule has 0 aliphatic carbocycles. The van der Waals surface area contributed by atoms with Crippen molar-refractivity contribution in [2.75, 3.05) is 33.8 Å². The van der Waals surface area contributed by atoms with Crippen LogP contribution in [0, 0.1) is 5.92 Å². The molecule has 1 saturated heterocycles. The highest BCUT2D eigenvalue weighted by molar-refractivity contribution is 6.32. The summed E-state index contributed by atoms with van der Waals surface area (Å²) >= 11 is 6.19. The van der Waals surface area contributed by atoms with Crippen molar-refractivity contribution in [3.05, 3.63) is 28.8 Å². The second kappa shape index (κ2) is 5.91. The lowest BCUT2D eigenvalue weighted by molar-refractivity contribution is 0.371. The van der Waals surface area contributed by atoms with Crippen molar-refractivity contribution in [2.24, 2.45) is 11.7 Å². The van der Waals surface area contributed by atoms with E-state index in [2.05, 4.69) is 18.0 Å². The maximum atomic E-state index is 6.19. The number of rotatable bonds is 4. The number of hydrogen-bond donors (Lipinski definition) is 1. The maximum absolute atomic E-state index is 6.19. The zero-order valence-electron chi connectivity index (χ0n) is 11.0. The first-order chi connectivity index (χ1) is 8.65. The van der Waals surface area contributed by atoms with Crippen LogP contribution in [0.1, 0.15) is 17.9 Å². The van der Waals surface area contributed by atoms with Gasteiger partial charge in [-0.05, 0) is 50.2 Å². The molecule has 2 rings (SSSR count). The van der Waals surface area contributed by atoms with E-state index in [-0.39, 0.29) is 0 Å². The fourth-order valence-corrected chi connectivity index (χ4v) is 3.08. The molecule has 2 unspecified atom stereocenters. The number of nitrogens with zero attached hydrogens (tertiary/aromatic N) is 1. The average molecular weight is 269 g/mol. The number of benzene rings is 1. The molecule has 1 aliphatic heterocycles. The van der Waals surface area contributed by atoms with Gasteiger partial charge in [-0.1, -0.05) is 17.7 Å². The Morgan fingerprint density at radius 2 is 2.33 bits per heavy atom. The zero-order chi connectivity index (χ0) is 13.1. The van der Waals surface area contributed by atoms with Crippen LogP contribution in [0.5, 0.6) is 5.75 Å². The predicted octanol–water partition coefficient (Wildman–Crippen LogP) is 2.34. The molecule has 1 aromatic rings. The van der Waals surface area contributed by atoms with E-state index in [9.17, 15) is 0 Å².